The molecular formula is C28H29N3O2S. The second-order valence-corrected chi connectivity index (χ2v) is 8.91. The van der Waals surface area contributed by atoms with E-state index in [0.717, 1.165) is 64.7 Å². The van der Waals surface area contributed by atoms with Gasteiger partial charge in [-0.05, 0) is 48.2 Å². The third-order valence-electron chi connectivity index (χ3n) is 6.39. The Bertz CT molecular complexity index is 1220. The van der Waals surface area contributed by atoms with Gasteiger partial charge in [-0.15, -0.1) is 0 Å². The van der Waals surface area contributed by atoms with Crippen molar-refractivity contribution in [3.05, 3.63) is 90.0 Å². The second kappa shape index (κ2) is 10.5. The van der Waals surface area contributed by atoms with Gasteiger partial charge in [0.15, 0.2) is 0 Å². The predicted molar refractivity (Wildman–Crippen MR) is 138 cm³/mol. The summed E-state index contributed by atoms with van der Waals surface area (Å²) in [5.74, 6) is 2.71. The first-order chi connectivity index (χ1) is 16.8. The molecule has 5 nitrogen and oxygen atoms in total. The Morgan fingerprint density at radius 1 is 0.941 bits per heavy atom. The highest BCUT2D eigenvalue weighted by Crippen LogP contribution is 2.39. The van der Waals surface area contributed by atoms with Crippen LogP contribution in [0.1, 0.15) is 35.8 Å². The lowest BCUT2D eigenvalue weighted by Crippen LogP contribution is -2.23. The molecule has 0 N–H and O–H groups in total. The van der Waals surface area contributed by atoms with E-state index in [2.05, 4.69) is 70.7 Å². The van der Waals surface area contributed by atoms with Gasteiger partial charge in [-0.25, -0.2) is 4.98 Å². The Morgan fingerprint density at radius 2 is 1.68 bits per heavy atom. The maximum absolute atomic E-state index is 6.22. The van der Waals surface area contributed by atoms with Crippen molar-refractivity contribution in [2.45, 2.75) is 37.7 Å². The number of thiol groups is 1. The Balaban J connectivity index is 1.46. The summed E-state index contributed by atoms with van der Waals surface area (Å²) in [7, 11) is 1.68. The van der Waals surface area contributed by atoms with Gasteiger partial charge in [0, 0.05) is 35.7 Å². The molecule has 0 saturated heterocycles. The third-order valence-corrected chi connectivity index (χ3v) is 6.75. The minimum absolute atomic E-state index is 0.239. The van der Waals surface area contributed by atoms with Gasteiger partial charge in [0.1, 0.15) is 11.6 Å². The zero-order valence-electron chi connectivity index (χ0n) is 19.4. The van der Waals surface area contributed by atoms with E-state index in [4.69, 9.17) is 14.5 Å². The molecule has 1 aliphatic rings. The number of methoxy groups -OCH3 is 1. The summed E-state index contributed by atoms with van der Waals surface area (Å²) in [4.78, 5) is 9.38. The van der Waals surface area contributed by atoms with Crippen molar-refractivity contribution in [3.63, 3.8) is 0 Å². The van der Waals surface area contributed by atoms with Crippen LogP contribution in [0.15, 0.2) is 73.1 Å². The van der Waals surface area contributed by atoms with Crippen molar-refractivity contribution in [2.24, 2.45) is 0 Å². The van der Waals surface area contributed by atoms with E-state index >= 15 is 0 Å². The SMILES string of the molecule is COc1ccc(COCC2CCCc3nc(-c4ccc(CS)cc4)c(-c4ccncc4)n32)cc1. The van der Waals surface area contributed by atoms with Crippen LogP contribution in [0.3, 0.4) is 0 Å². The molecule has 2 aromatic carbocycles. The molecule has 1 atom stereocenters. The molecular weight excluding hydrogens is 442 g/mol. The molecule has 0 spiro atoms. The first-order valence-corrected chi connectivity index (χ1v) is 12.3. The lowest BCUT2D eigenvalue weighted by Gasteiger charge is -2.27. The van der Waals surface area contributed by atoms with Crippen LogP contribution in [-0.4, -0.2) is 28.3 Å². The highest BCUT2D eigenvalue weighted by molar-refractivity contribution is 7.79. The van der Waals surface area contributed by atoms with E-state index in [-0.39, 0.29) is 6.04 Å². The van der Waals surface area contributed by atoms with Crippen molar-refractivity contribution in [1.82, 2.24) is 14.5 Å². The topological polar surface area (TPSA) is 49.2 Å². The largest absolute Gasteiger partial charge is 0.497 e. The highest BCUT2D eigenvalue weighted by Gasteiger charge is 2.28. The number of benzene rings is 2. The number of pyridine rings is 1. The number of aryl methyl sites for hydroxylation is 1. The van der Waals surface area contributed by atoms with E-state index in [1.165, 1.54) is 5.56 Å². The van der Waals surface area contributed by atoms with Crippen LogP contribution in [0, 0.1) is 0 Å². The van der Waals surface area contributed by atoms with Gasteiger partial charge in [-0.3, -0.25) is 4.98 Å². The Labute approximate surface area is 206 Å². The molecule has 5 rings (SSSR count). The van der Waals surface area contributed by atoms with Gasteiger partial charge in [-0.1, -0.05) is 36.4 Å². The smallest absolute Gasteiger partial charge is 0.118 e. The number of imidazole rings is 1. The summed E-state index contributed by atoms with van der Waals surface area (Å²) in [5, 5.41) is 0. The van der Waals surface area contributed by atoms with Crippen molar-refractivity contribution < 1.29 is 9.47 Å². The monoisotopic (exact) mass is 471 g/mol. The lowest BCUT2D eigenvalue weighted by atomic mass is 10.0. The maximum atomic E-state index is 6.22. The molecule has 0 amide bonds. The third kappa shape index (κ3) is 4.74. The zero-order valence-corrected chi connectivity index (χ0v) is 20.2. The molecule has 6 heteroatoms. The number of hydrogen-bond donors (Lipinski definition) is 1. The molecule has 3 heterocycles. The van der Waals surface area contributed by atoms with Crippen LogP contribution in [0.2, 0.25) is 0 Å². The quantitative estimate of drug-likeness (QED) is 0.313. The van der Waals surface area contributed by atoms with Crippen LogP contribution in [0.4, 0.5) is 0 Å². The fourth-order valence-corrected chi connectivity index (χ4v) is 4.83. The summed E-state index contributed by atoms with van der Waals surface area (Å²) in [6, 6.07) is 21.0. The Hall–Kier alpha value is -3.09. The van der Waals surface area contributed by atoms with Crippen molar-refractivity contribution in [3.8, 4) is 28.3 Å². The molecule has 34 heavy (non-hydrogen) atoms. The Morgan fingerprint density at radius 3 is 2.38 bits per heavy atom. The van der Waals surface area contributed by atoms with Gasteiger partial charge in [0.25, 0.3) is 0 Å². The molecule has 0 aliphatic carbocycles. The number of ether oxygens (including phenoxy) is 2. The molecule has 0 bridgehead atoms. The summed E-state index contributed by atoms with van der Waals surface area (Å²) < 4.78 is 13.9. The summed E-state index contributed by atoms with van der Waals surface area (Å²) in [6.07, 6.45) is 6.85. The molecule has 1 unspecified atom stereocenters. The predicted octanol–water partition coefficient (Wildman–Crippen LogP) is 6.14. The fourth-order valence-electron chi connectivity index (χ4n) is 4.62. The van der Waals surface area contributed by atoms with E-state index in [9.17, 15) is 0 Å². The van der Waals surface area contributed by atoms with Gasteiger partial charge in [-0.2, -0.15) is 12.6 Å². The summed E-state index contributed by atoms with van der Waals surface area (Å²) in [5.41, 5.74) is 6.76. The van der Waals surface area contributed by atoms with E-state index < -0.39 is 0 Å². The van der Waals surface area contributed by atoms with E-state index in [0.29, 0.717) is 13.2 Å². The lowest BCUT2D eigenvalue weighted by molar-refractivity contribution is 0.0827. The number of rotatable bonds is 8. The molecule has 0 saturated carbocycles. The maximum Gasteiger partial charge on any atom is 0.118 e. The molecule has 2 aromatic heterocycles. The van der Waals surface area contributed by atoms with E-state index in [1.54, 1.807) is 7.11 Å². The number of nitrogens with zero attached hydrogens (tertiary/aromatic N) is 3. The van der Waals surface area contributed by atoms with Crippen molar-refractivity contribution >= 4 is 12.6 Å². The van der Waals surface area contributed by atoms with Crippen molar-refractivity contribution in [1.29, 1.82) is 0 Å². The molecule has 174 valence electrons. The van der Waals surface area contributed by atoms with Crippen LogP contribution in [0.5, 0.6) is 5.75 Å². The first kappa shape index (κ1) is 22.7. The minimum Gasteiger partial charge on any atom is -0.497 e. The van der Waals surface area contributed by atoms with E-state index in [1.807, 2.05) is 24.5 Å². The second-order valence-electron chi connectivity index (χ2n) is 8.60. The Kier molecular flexibility index (Phi) is 6.97. The van der Waals surface area contributed by atoms with Crippen LogP contribution >= 0.6 is 12.6 Å². The fraction of sp³-hybridized carbons (Fsp3) is 0.286. The van der Waals surface area contributed by atoms with Gasteiger partial charge in [0.2, 0.25) is 0 Å². The zero-order chi connectivity index (χ0) is 23.3. The van der Waals surface area contributed by atoms with Crippen LogP contribution in [-0.2, 0) is 23.5 Å². The highest BCUT2D eigenvalue weighted by atomic mass is 32.1. The normalized spacial score (nSPS) is 15.2. The van der Waals surface area contributed by atoms with Crippen LogP contribution < -0.4 is 4.74 Å². The number of hydrogen-bond acceptors (Lipinski definition) is 5. The number of aromatic nitrogens is 3. The number of fused-ring (bicyclic) bond motifs is 1. The molecule has 4 aromatic rings. The van der Waals surface area contributed by atoms with Gasteiger partial charge >= 0.3 is 0 Å². The summed E-state index contributed by atoms with van der Waals surface area (Å²) >= 11 is 4.40. The van der Waals surface area contributed by atoms with Crippen molar-refractivity contribution in [2.75, 3.05) is 13.7 Å². The average Bonchev–Trinajstić information content (AvgIpc) is 3.30. The molecule has 1 aliphatic heterocycles. The van der Waals surface area contributed by atoms with Gasteiger partial charge < -0.3 is 14.0 Å². The molecule has 0 fully saturated rings. The minimum atomic E-state index is 0.239. The van der Waals surface area contributed by atoms with Crippen LogP contribution in [0.25, 0.3) is 22.5 Å². The first-order valence-electron chi connectivity index (χ1n) is 11.7. The standard InChI is InChI=1S/C28H29N3O2S/c1-32-25-11-7-20(8-12-25)17-33-18-24-3-2-4-26-30-27(22-9-5-21(19-34)6-10-22)28(31(24)26)23-13-15-29-16-14-23/h5-16,24,34H,2-4,17-19H2,1H3. The average molecular weight is 472 g/mol. The molecule has 0 radical (unpaired) electrons. The van der Waals surface area contributed by atoms with Gasteiger partial charge in [0.05, 0.1) is 37.8 Å². The summed E-state index contributed by atoms with van der Waals surface area (Å²) in [6.45, 7) is 1.22.